The van der Waals surface area contributed by atoms with Crippen molar-refractivity contribution in [2.75, 3.05) is 13.7 Å². The van der Waals surface area contributed by atoms with E-state index in [0.29, 0.717) is 11.8 Å². The number of benzene rings is 1. The molecule has 1 rings (SSSR count). The number of halogens is 2. The quantitative estimate of drug-likeness (QED) is 0.554. The topological polar surface area (TPSA) is 18.5 Å². The van der Waals surface area contributed by atoms with E-state index in [1.165, 1.54) is 0 Å². The molecule has 1 unspecified atom stereocenters. The molecule has 100 valence electrons. The van der Waals surface area contributed by atoms with E-state index in [9.17, 15) is 0 Å². The molecule has 0 saturated heterocycles. The van der Waals surface area contributed by atoms with E-state index in [4.69, 9.17) is 32.3 Å². The SMILES string of the molecule is CCO/C(Cl)=C(/CC)P(Cl)c1ccc(OC)cc1. The van der Waals surface area contributed by atoms with E-state index >= 15 is 0 Å². The molecule has 0 spiro atoms. The zero-order valence-corrected chi connectivity index (χ0v) is 13.1. The fourth-order valence-electron chi connectivity index (χ4n) is 1.43. The maximum atomic E-state index is 6.50. The summed E-state index contributed by atoms with van der Waals surface area (Å²) in [6.07, 6.45) is 0.778. The Balaban J connectivity index is 2.95. The van der Waals surface area contributed by atoms with E-state index in [2.05, 4.69) is 0 Å². The van der Waals surface area contributed by atoms with Gasteiger partial charge in [0, 0.05) is 5.31 Å². The fourth-order valence-corrected chi connectivity index (χ4v) is 4.21. The highest BCUT2D eigenvalue weighted by molar-refractivity contribution is 7.93. The van der Waals surface area contributed by atoms with Crippen LogP contribution in [-0.4, -0.2) is 13.7 Å². The lowest BCUT2D eigenvalue weighted by molar-refractivity contribution is 0.253. The molecule has 1 aromatic rings. The van der Waals surface area contributed by atoms with Crippen molar-refractivity contribution in [2.24, 2.45) is 0 Å². The Kier molecular flexibility index (Phi) is 6.85. The average molecular weight is 307 g/mol. The molecule has 18 heavy (non-hydrogen) atoms. The van der Waals surface area contributed by atoms with E-state index in [1.54, 1.807) is 7.11 Å². The first kappa shape index (κ1) is 15.6. The number of rotatable bonds is 6. The first-order valence-corrected chi connectivity index (χ1v) is 8.37. The van der Waals surface area contributed by atoms with Crippen LogP contribution >= 0.6 is 30.1 Å². The number of allylic oxidation sites excluding steroid dienone is 1. The average Bonchev–Trinajstić information content (AvgIpc) is 2.40. The van der Waals surface area contributed by atoms with Gasteiger partial charge >= 0.3 is 0 Å². The minimum atomic E-state index is -0.968. The van der Waals surface area contributed by atoms with E-state index in [0.717, 1.165) is 22.8 Å². The number of hydrogen-bond donors (Lipinski definition) is 0. The summed E-state index contributed by atoms with van der Waals surface area (Å²) in [6.45, 7) is 4.47. The highest BCUT2D eigenvalue weighted by Crippen LogP contribution is 2.52. The number of methoxy groups -OCH3 is 1. The van der Waals surface area contributed by atoms with Crippen LogP contribution in [0.3, 0.4) is 0 Å². The van der Waals surface area contributed by atoms with Gasteiger partial charge in [0.2, 0.25) is 0 Å². The Hall–Kier alpha value is -0.430. The summed E-state index contributed by atoms with van der Waals surface area (Å²) in [5.41, 5.74) is 0. The Morgan fingerprint density at radius 1 is 1.22 bits per heavy atom. The Morgan fingerprint density at radius 3 is 2.28 bits per heavy atom. The zero-order valence-electron chi connectivity index (χ0n) is 10.7. The molecule has 0 aromatic heterocycles. The van der Waals surface area contributed by atoms with Gasteiger partial charge in [0.25, 0.3) is 0 Å². The van der Waals surface area contributed by atoms with Crippen LogP contribution in [0, 0.1) is 0 Å². The molecular formula is C13H17Cl2O2P. The summed E-state index contributed by atoms with van der Waals surface area (Å²) in [7, 11) is 0.673. The molecule has 0 aliphatic rings. The highest BCUT2D eigenvalue weighted by atomic mass is 35.7. The van der Waals surface area contributed by atoms with Crippen LogP contribution in [0.2, 0.25) is 0 Å². The molecule has 0 heterocycles. The maximum Gasteiger partial charge on any atom is 0.192 e. The van der Waals surface area contributed by atoms with Gasteiger partial charge in [-0.15, -0.1) is 0 Å². The second kappa shape index (κ2) is 7.89. The molecule has 0 aliphatic heterocycles. The second-order valence-electron chi connectivity index (χ2n) is 3.49. The predicted octanol–water partition coefficient (Wildman–Crippen LogP) is 4.81. The van der Waals surface area contributed by atoms with Gasteiger partial charge in [0.15, 0.2) is 5.22 Å². The monoisotopic (exact) mass is 306 g/mol. The Bertz CT molecular complexity index is 404. The smallest absolute Gasteiger partial charge is 0.192 e. The Morgan fingerprint density at radius 2 is 1.83 bits per heavy atom. The van der Waals surface area contributed by atoms with Crippen LogP contribution in [-0.2, 0) is 4.74 Å². The molecule has 0 fully saturated rings. The summed E-state index contributed by atoms with van der Waals surface area (Å²) in [5.74, 6) is 0.816. The van der Waals surface area contributed by atoms with Crippen LogP contribution in [0.25, 0.3) is 0 Å². The lowest BCUT2D eigenvalue weighted by Crippen LogP contribution is -2.00. The van der Waals surface area contributed by atoms with Crippen LogP contribution < -0.4 is 10.0 Å². The normalized spacial score (nSPS) is 13.8. The lowest BCUT2D eigenvalue weighted by atomic mass is 10.3. The van der Waals surface area contributed by atoms with Gasteiger partial charge in [-0.05, 0) is 54.5 Å². The summed E-state index contributed by atoms with van der Waals surface area (Å²) >= 11 is 12.6. The third-order valence-electron chi connectivity index (χ3n) is 2.37. The molecule has 0 radical (unpaired) electrons. The molecular weight excluding hydrogens is 290 g/mol. The molecule has 0 N–H and O–H groups in total. The van der Waals surface area contributed by atoms with Gasteiger partial charge in [-0.25, -0.2) is 0 Å². The second-order valence-corrected chi connectivity index (χ2v) is 6.46. The van der Waals surface area contributed by atoms with Crippen molar-refractivity contribution in [2.45, 2.75) is 20.3 Å². The molecule has 0 aliphatic carbocycles. The molecule has 2 nitrogen and oxygen atoms in total. The van der Waals surface area contributed by atoms with Gasteiger partial charge < -0.3 is 9.47 Å². The van der Waals surface area contributed by atoms with Gasteiger partial charge in [0.1, 0.15) is 5.75 Å². The van der Waals surface area contributed by atoms with Crippen LogP contribution in [0.4, 0.5) is 0 Å². The van der Waals surface area contributed by atoms with Crippen molar-refractivity contribution in [3.8, 4) is 5.75 Å². The first-order valence-electron chi connectivity index (χ1n) is 5.75. The predicted molar refractivity (Wildman–Crippen MR) is 80.2 cm³/mol. The molecule has 0 amide bonds. The van der Waals surface area contributed by atoms with Gasteiger partial charge in [-0.1, -0.05) is 18.2 Å². The van der Waals surface area contributed by atoms with Crippen molar-refractivity contribution in [3.05, 3.63) is 34.8 Å². The molecule has 1 aromatic carbocycles. The maximum absolute atomic E-state index is 6.50. The van der Waals surface area contributed by atoms with Crippen molar-refractivity contribution in [3.63, 3.8) is 0 Å². The van der Waals surface area contributed by atoms with Crippen molar-refractivity contribution >= 4 is 35.4 Å². The third kappa shape index (κ3) is 4.05. The third-order valence-corrected chi connectivity index (χ3v) is 5.78. The van der Waals surface area contributed by atoms with E-state index in [1.807, 2.05) is 38.1 Å². The number of hydrogen-bond acceptors (Lipinski definition) is 2. The van der Waals surface area contributed by atoms with E-state index in [-0.39, 0.29) is 0 Å². The summed E-state index contributed by atoms with van der Waals surface area (Å²) in [4.78, 5) is 0. The highest BCUT2D eigenvalue weighted by Gasteiger charge is 2.17. The summed E-state index contributed by atoms with van der Waals surface area (Å²) < 4.78 is 10.5. The van der Waals surface area contributed by atoms with Crippen LogP contribution in [0.15, 0.2) is 34.8 Å². The zero-order chi connectivity index (χ0) is 13.5. The number of ether oxygens (including phenoxy) is 2. The van der Waals surface area contributed by atoms with Gasteiger partial charge in [-0.3, -0.25) is 0 Å². The van der Waals surface area contributed by atoms with Crippen molar-refractivity contribution in [1.29, 1.82) is 0 Å². The first-order chi connectivity index (χ1) is 8.63. The molecule has 0 saturated carbocycles. The van der Waals surface area contributed by atoms with Crippen LogP contribution in [0.5, 0.6) is 5.75 Å². The minimum absolute atomic E-state index is 0.428. The van der Waals surface area contributed by atoms with Crippen LogP contribution in [0.1, 0.15) is 20.3 Å². The lowest BCUT2D eigenvalue weighted by Gasteiger charge is -2.15. The van der Waals surface area contributed by atoms with Crippen molar-refractivity contribution in [1.82, 2.24) is 0 Å². The minimum Gasteiger partial charge on any atom is -0.497 e. The standard InChI is InChI=1S/C13H17Cl2O2P/c1-4-12(13(14)17-5-2)18(15)11-8-6-10(16-3)7-9-11/h6-9H,4-5H2,1-3H3/b13-12-. The summed E-state index contributed by atoms with van der Waals surface area (Å²) in [6, 6.07) is 7.72. The molecule has 0 bridgehead atoms. The van der Waals surface area contributed by atoms with Gasteiger partial charge in [0.05, 0.1) is 21.0 Å². The van der Waals surface area contributed by atoms with Gasteiger partial charge in [-0.2, -0.15) is 0 Å². The van der Waals surface area contributed by atoms with E-state index < -0.39 is 7.27 Å². The Labute approximate surface area is 119 Å². The molecule has 1 atom stereocenters. The largest absolute Gasteiger partial charge is 0.497 e. The van der Waals surface area contributed by atoms with Crippen molar-refractivity contribution < 1.29 is 9.47 Å². The summed E-state index contributed by atoms with van der Waals surface area (Å²) in [5, 5.41) is 2.43. The fraction of sp³-hybridized carbons (Fsp3) is 0.385. The molecule has 5 heteroatoms.